The summed E-state index contributed by atoms with van der Waals surface area (Å²) in [7, 11) is 0. The second-order valence-corrected chi connectivity index (χ2v) is 8.83. The second-order valence-electron chi connectivity index (χ2n) is 8.83. The standard InChI is InChI=1S/C23H24F3N7O3/c24-23(25,26)20-17(13-30-31-22(20)36)28-12-16-3-2-15(21(16)35)9-19(34)33-7-5-32(6-8-33)18-4-1-14(10-27)11-29-18/h1,4,11,13,15-16H,2-3,5-9,12H2,(H2,28,31,36)/t15-,16+/m1/s1. The Labute approximate surface area is 204 Å². The third kappa shape index (κ3) is 5.48. The molecule has 2 N–H and O–H groups in total. The van der Waals surface area contributed by atoms with E-state index < -0.39 is 34.8 Å². The van der Waals surface area contributed by atoms with Crippen LogP contribution in [-0.4, -0.2) is 64.5 Å². The average Bonchev–Trinajstić information content (AvgIpc) is 3.20. The van der Waals surface area contributed by atoms with Crippen LogP contribution in [0.5, 0.6) is 0 Å². The lowest BCUT2D eigenvalue weighted by Gasteiger charge is -2.35. The minimum atomic E-state index is -4.87. The Bertz CT molecular complexity index is 1220. The number of rotatable bonds is 6. The predicted molar refractivity (Wildman–Crippen MR) is 122 cm³/mol. The van der Waals surface area contributed by atoms with Gasteiger partial charge in [-0.2, -0.15) is 23.5 Å². The normalized spacial score (nSPS) is 20.3. The van der Waals surface area contributed by atoms with Gasteiger partial charge in [0.2, 0.25) is 5.91 Å². The van der Waals surface area contributed by atoms with E-state index in [1.165, 1.54) is 6.20 Å². The molecule has 4 rings (SSSR count). The summed E-state index contributed by atoms with van der Waals surface area (Å²) < 4.78 is 39.6. The Morgan fingerprint density at radius 1 is 1.14 bits per heavy atom. The number of carbonyl (C=O) groups excluding carboxylic acids is 2. The Balaban J connectivity index is 1.28. The fraction of sp³-hybridized carbons (Fsp3) is 0.478. The van der Waals surface area contributed by atoms with Crippen LogP contribution < -0.4 is 15.8 Å². The van der Waals surface area contributed by atoms with Crippen molar-refractivity contribution in [1.82, 2.24) is 20.1 Å². The molecule has 0 bridgehead atoms. The van der Waals surface area contributed by atoms with Gasteiger partial charge in [-0.15, -0.1) is 0 Å². The van der Waals surface area contributed by atoms with Crippen LogP contribution in [0.25, 0.3) is 0 Å². The van der Waals surface area contributed by atoms with Crippen molar-refractivity contribution in [1.29, 1.82) is 5.26 Å². The number of anilines is 2. The molecule has 3 heterocycles. The minimum Gasteiger partial charge on any atom is -0.382 e. The summed E-state index contributed by atoms with van der Waals surface area (Å²) in [5.41, 5.74) is -2.75. The van der Waals surface area contributed by atoms with Gasteiger partial charge in [-0.25, -0.2) is 10.1 Å². The van der Waals surface area contributed by atoms with E-state index in [1.54, 1.807) is 22.1 Å². The van der Waals surface area contributed by atoms with Crippen LogP contribution in [0.3, 0.4) is 0 Å². The van der Waals surface area contributed by atoms with E-state index in [1.807, 2.05) is 11.0 Å². The SMILES string of the molecule is N#Cc1ccc(N2CCN(C(=O)C[C@H]3CC[C@@H](CNc4cn[nH]c(=O)c4C(F)(F)F)C3=O)CC2)nc1. The van der Waals surface area contributed by atoms with Gasteiger partial charge >= 0.3 is 6.18 Å². The third-order valence-electron chi connectivity index (χ3n) is 6.60. The van der Waals surface area contributed by atoms with Crippen LogP contribution in [0, 0.1) is 23.2 Å². The first-order chi connectivity index (χ1) is 17.2. The number of aromatic nitrogens is 3. The lowest BCUT2D eigenvalue weighted by Crippen LogP contribution is -2.49. The number of aromatic amines is 1. The number of nitrogens with one attached hydrogen (secondary N) is 2. The van der Waals surface area contributed by atoms with Crippen LogP contribution in [-0.2, 0) is 15.8 Å². The van der Waals surface area contributed by atoms with E-state index >= 15 is 0 Å². The summed E-state index contributed by atoms with van der Waals surface area (Å²) in [6, 6.07) is 5.47. The van der Waals surface area contributed by atoms with Crippen LogP contribution >= 0.6 is 0 Å². The van der Waals surface area contributed by atoms with E-state index in [4.69, 9.17) is 5.26 Å². The van der Waals surface area contributed by atoms with Gasteiger partial charge in [-0.05, 0) is 25.0 Å². The van der Waals surface area contributed by atoms with Crippen molar-refractivity contribution < 1.29 is 22.8 Å². The summed E-state index contributed by atoms with van der Waals surface area (Å²) in [6.07, 6.45) is -1.51. The minimum absolute atomic E-state index is 0.0603. The molecule has 1 saturated carbocycles. The third-order valence-corrected chi connectivity index (χ3v) is 6.60. The number of piperazine rings is 1. The molecule has 13 heteroatoms. The highest BCUT2D eigenvalue weighted by molar-refractivity contribution is 5.90. The molecule has 10 nitrogen and oxygen atoms in total. The van der Waals surface area contributed by atoms with Crippen molar-refractivity contribution >= 4 is 23.2 Å². The molecule has 2 aromatic rings. The van der Waals surface area contributed by atoms with Gasteiger partial charge in [-0.3, -0.25) is 14.4 Å². The molecular formula is C23H24F3N7O3. The molecule has 0 radical (unpaired) electrons. The van der Waals surface area contributed by atoms with Gasteiger partial charge in [0.1, 0.15) is 23.2 Å². The number of ketones is 1. The predicted octanol–water partition coefficient (Wildman–Crippen LogP) is 1.80. The molecule has 1 aliphatic carbocycles. The van der Waals surface area contributed by atoms with Crippen molar-refractivity contribution in [3.63, 3.8) is 0 Å². The fourth-order valence-electron chi connectivity index (χ4n) is 4.64. The number of Topliss-reactive ketones (excluding diaryl/α,β-unsaturated/α-hetero) is 1. The highest BCUT2D eigenvalue weighted by atomic mass is 19.4. The number of carbonyl (C=O) groups is 2. The summed E-state index contributed by atoms with van der Waals surface area (Å²) in [6.45, 7) is 2.02. The molecule has 1 aliphatic heterocycles. The maximum Gasteiger partial charge on any atom is 0.423 e. The first-order valence-electron chi connectivity index (χ1n) is 11.5. The molecule has 2 atom stereocenters. The first kappa shape index (κ1) is 25.2. The van der Waals surface area contributed by atoms with Crippen molar-refractivity contribution in [2.45, 2.75) is 25.4 Å². The topological polar surface area (TPSA) is 135 Å². The number of nitrogens with zero attached hydrogens (tertiary/aromatic N) is 5. The van der Waals surface area contributed by atoms with Crippen LogP contribution in [0.15, 0.2) is 29.3 Å². The monoisotopic (exact) mass is 503 g/mol. The summed E-state index contributed by atoms with van der Waals surface area (Å²) in [4.78, 5) is 45.2. The largest absolute Gasteiger partial charge is 0.423 e. The molecule has 2 fully saturated rings. The Kier molecular flexibility index (Phi) is 7.23. The van der Waals surface area contributed by atoms with Crippen molar-refractivity contribution in [3.05, 3.63) is 46.0 Å². The Morgan fingerprint density at radius 2 is 1.86 bits per heavy atom. The highest BCUT2D eigenvalue weighted by Crippen LogP contribution is 2.33. The lowest BCUT2D eigenvalue weighted by atomic mass is 9.98. The number of H-pyrrole nitrogens is 1. The maximum absolute atomic E-state index is 13.2. The van der Waals surface area contributed by atoms with Gasteiger partial charge < -0.3 is 15.1 Å². The van der Waals surface area contributed by atoms with Gasteiger partial charge in [0.05, 0.1) is 17.4 Å². The smallest absolute Gasteiger partial charge is 0.382 e. The fourth-order valence-corrected chi connectivity index (χ4v) is 4.64. The van der Waals surface area contributed by atoms with Gasteiger partial charge in [0.25, 0.3) is 5.56 Å². The molecular weight excluding hydrogens is 479 g/mol. The average molecular weight is 503 g/mol. The Hall–Kier alpha value is -3.95. The van der Waals surface area contributed by atoms with E-state index in [-0.39, 0.29) is 24.7 Å². The molecule has 1 amide bonds. The number of pyridine rings is 1. The van der Waals surface area contributed by atoms with Crippen LogP contribution in [0.1, 0.15) is 30.4 Å². The number of hydrogen-bond acceptors (Lipinski definition) is 8. The van der Waals surface area contributed by atoms with Crippen LogP contribution in [0.4, 0.5) is 24.7 Å². The number of hydrogen-bond donors (Lipinski definition) is 2. The van der Waals surface area contributed by atoms with E-state index in [0.717, 1.165) is 12.0 Å². The molecule has 2 aliphatic rings. The van der Waals surface area contributed by atoms with Gasteiger partial charge in [0, 0.05) is 57.2 Å². The second kappa shape index (κ2) is 10.3. The van der Waals surface area contributed by atoms with Crippen LogP contribution in [0.2, 0.25) is 0 Å². The lowest BCUT2D eigenvalue weighted by molar-refractivity contribution is -0.138. The zero-order valence-electron chi connectivity index (χ0n) is 19.2. The molecule has 0 aromatic carbocycles. The molecule has 0 unspecified atom stereocenters. The summed E-state index contributed by atoms with van der Waals surface area (Å²) >= 11 is 0. The van der Waals surface area contributed by atoms with Gasteiger partial charge in [-0.1, -0.05) is 0 Å². The quantitative estimate of drug-likeness (QED) is 0.609. The highest BCUT2D eigenvalue weighted by Gasteiger charge is 2.39. The first-order valence-corrected chi connectivity index (χ1v) is 11.5. The van der Waals surface area contributed by atoms with Gasteiger partial charge in [0.15, 0.2) is 0 Å². The van der Waals surface area contributed by atoms with Crippen molar-refractivity contribution in [2.24, 2.45) is 11.8 Å². The van der Waals surface area contributed by atoms with Crippen molar-refractivity contribution in [2.75, 3.05) is 42.9 Å². The number of halogens is 3. The summed E-state index contributed by atoms with van der Waals surface area (Å²) in [5, 5.41) is 16.6. The zero-order chi connectivity index (χ0) is 25.9. The summed E-state index contributed by atoms with van der Waals surface area (Å²) in [5.74, 6) is -0.605. The zero-order valence-corrected chi connectivity index (χ0v) is 19.2. The van der Waals surface area contributed by atoms with E-state index in [0.29, 0.717) is 44.6 Å². The van der Waals surface area contributed by atoms with Crippen molar-refractivity contribution in [3.8, 4) is 6.07 Å². The molecule has 1 saturated heterocycles. The van der Waals surface area contributed by atoms with E-state index in [2.05, 4.69) is 15.4 Å². The number of amides is 1. The van der Waals surface area contributed by atoms with E-state index in [9.17, 15) is 27.6 Å². The molecule has 36 heavy (non-hydrogen) atoms. The maximum atomic E-state index is 13.2. The molecule has 0 spiro atoms. The Morgan fingerprint density at radius 3 is 2.50 bits per heavy atom. The molecule has 190 valence electrons. The molecule has 2 aromatic heterocycles. The number of nitriles is 1. The number of alkyl halides is 3.